The van der Waals surface area contributed by atoms with E-state index in [1.807, 2.05) is 30.5 Å². The first-order chi connectivity index (χ1) is 9.24. The van der Waals surface area contributed by atoms with E-state index >= 15 is 0 Å². The number of rotatable bonds is 6. The molecular weight excluding hydrogens is 256 g/mol. The van der Waals surface area contributed by atoms with Crippen LogP contribution in [-0.2, 0) is 0 Å². The lowest BCUT2D eigenvalue weighted by molar-refractivity contribution is 0.594. The Balaban J connectivity index is 2.28. The van der Waals surface area contributed by atoms with Gasteiger partial charge in [-0.2, -0.15) is 0 Å². The molecule has 0 bridgehead atoms. The third kappa shape index (κ3) is 3.60. The summed E-state index contributed by atoms with van der Waals surface area (Å²) in [5.74, 6) is 0. The van der Waals surface area contributed by atoms with Gasteiger partial charge in [0, 0.05) is 22.6 Å². The Labute approximate surface area is 120 Å². The average Bonchev–Trinajstić information content (AvgIpc) is 2.43. The molecule has 102 valence electrons. The van der Waals surface area contributed by atoms with E-state index in [4.69, 9.17) is 11.6 Å². The average molecular weight is 277 g/mol. The second-order valence-corrected chi connectivity index (χ2v) is 5.36. The van der Waals surface area contributed by atoms with Crippen molar-refractivity contribution in [1.82, 2.24) is 4.98 Å². The number of fused-ring (bicyclic) bond motifs is 1. The predicted octanol–water partition coefficient (Wildman–Crippen LogP) is 5.27. The molecule has 2 aromatic rings. The largest absolute Gasteiger partial charge is 0.381 e. The first kappa shape index (κ1) is 14.1. The normalized spacial score (nSPS) is 12.6. The lowest BCUT2D eigenvalue weighted by atomic mass is 10.1. The molecule has 0 aliphatic heterocycles. The first-order valence-corrected chi connectivity index (χ1v) is 7.43. The van der Waals surface area contributed by atoms with E-state index in [0.29, 0.717) is 6.04 Å². The van der Waals surface area contributed by atoms with Crippen molar-refractivity contribution in [2.24, 2.45) is 0 Å². The van der Waals surface area contributed by atoms with Gasteiger partial charge in [0.1, 0.15) is 0 Å². The van der Waals surface area contributed by atoms with Gasteiger partial charge in [0.15, 0.2) is 0 Å². The molecule has 0 aliphatic rings. The maximum absolute atomic E-state index is 6.19. The zero-order valence-corrected chi connectivity index (χ0v) is 12.4. The Morgan fingerprint density at radius 3 is 2.89 bits per heavy atom. The lowest BCUT2D eigenvalue weighted by Gasteiger charge is -2.19. The number of halogens is 1. The summed E-state index contributed by atoms with van der Waals surface area (Å²) in [5.41, 5.74) is 2.05. The fraction of sp³-hybridized carbons (Fsp3) is 0.438. The van der Waals surface area contributed by atoms with Gasteiger partial charge in [0.25, 0.3) is 0 Å². The summed E-state index contributed by atoms with van der Waals surface area (Å²) in [7, 11) is 0. The molecule has 1 aromatic heterocycles. The lowest BCUT2D eigenvalue weighted by Crippen LogP contribution is -2.18. The second-order valence-electron chi connectivity index (χ2n) is 4.92. The van der Waals surface area contributed by atoms with Gasteiger partial charge < -0.3 is 5.32 Å². The number of nitrogens with one attached hydrogen (secondary N) is 1. The van der Waals surface area contributed by atoms with Gasteiger partial charge in [-0.25, -0.2) is 0 Å². The van der Waals surface area contributed by atoms with Crippen LogP contribution >= 0.6 is 11.6 Å². The molecule has 0 radical (unpaired) electrons. The summed E-state index contributed by atoms with van der Waals surface area (Å²) in [5, 5.41) is 5.44. The topological polar surface area (TPSA) is 24.9 Å². The fourth-order valence-corrected chi connectivity index (χ4v) is 2.54. The molecule has 0 saturated carbocycles. The highest BCUT2D eigenvalue weighted by molar-refractivity contribution is 6.31. The summed E-state index contributed by atoms with van der Waals surface area (Å²) in [4.78, 5) is 4.47. The SMILES string of the molecule is CCCCC(CC)Nc1cc(Cl)cc2cccnc12. The smallest absolute Gasteiger partial charge is 0.0934 e. The third-order valence-corrected chi connectivity index (χ3v) is 3.65. The minimum Gasteiger partial charge on any atom is -0.381 e. The Morgan fingerprint density at radius 1 is 1.32 bits per heavy atom. The van der Waals surface area contributed by atoms with Crippen molar-refractivity contribution in [2.45, 2.75) is 45.6 Å². The van der Waals surface area contributed by atoms with E-state index < -0.39 is 0 Å². The Morgan fingerprint density at radius 2 is 2.16 bits per heavy atom. The molecule has 19 heavy (non-hydrogen) atoms. The summed E-state index contributed by atoms with van der Waals surface area (Å²) in [6, 6.07) is 8.42. The maximum atomic E-state index is 6.19. The number of aromatic nitrogens is 1. The summed E-state index contributed by atoms with van der Waals surface area (Å²) >= 11 is 6.19. The van der Waals surface area contributed by atoms with Crippen molar-refractivity contribution in [3.8, 4) is 0 Å². The summed E-state index contributed by atoms with van der Waals surface area (Å²) in [6.45, 7) is 4.44. The zero-order chi connectivity index (χ0) is 13.7. The highest BCUT2D eigenvalue weighted by Crippen LogP contribution is 2.27. The molecular formula is C16H21ClN2. The molecule has 0 aliphatic carbocycles. The van der Waals surface area contributed by atoms with E-state index in [9.17, 15) is 0 Å². The quantitative estimate of drug-likeness (QED) is 0.777. The van der Waals surface area contributed by atoms with Crippen LogP contribution in [0.25, 0.3) is 10.9 Å². The van der Waals surface area contributed by atoms with Gasteiger partial charge in [-0.3, -0.25) is 4.98 Å². The molecule has 2 nitrogen and oxygen atoms in total. The number of hydrogen-bond acceptors (Lipinski definition) is 2. The molecule has 1 atom stereocenters. The van der Waals surface area contributed by atoms with Crippen molar-refractivity contribution in [2.75, 3.05) is 5.32 Å². The van der Waals surface area contributed by atoms with Crippen LogP contribution in [0, 0.1) is 0 Å². The Hall–Kier alpha value is -1.28. The van der Waals surface area contributed by atoms with Crippen molar-refractivity contribution in [3.63, 3.8) is 0 Å². The van der Waals surface area contributed by atoms with Gasteiger partial charge >= 0.3 is 0 Å². The standard InChI is InChI=1S/C16H21ClN2/c1-3-5-8-14(4-2)19-15-11-13(17)10-12-7-6-9-18-16(12)15/h6-7,9-11,14,19H,3-5,8H2,1-2H3. The monoisotopic (exact) mass is 276 g/mol. The van der Waals surface area contributed by atoms with Crippen LogP contribution in [0.1, 0.15) is 39.5 Å². The van der Waals surface area contributed by atoms with E-state index in [-0.39, 0.29) is 0 Å². The van der Waals surface area contributed by atoms with Crippen molar-refractivity contribution in [3.05, 3.63) is 35.5 Å². The van der Waals surface area contributed by atoms with E-state index in [0.717, 1.165) is 28.0 Å². The molecule has 0 amide bonds. The fourth-order valence-electron chi connectivity index (χ4n) is 2.31. The predicted molar refractivity (Wildman–Crippen MR) is 84.0 cm³/mol. The molecule has 0 saturated heterocycles. The molecule has 0 fully saturated rings. The van der Waals surface area contributed by atoms with Crippen LogP contribution in [-0.4, -0.2) is 11.0 Å². The number of nitrogens with zero attached hydrogens (tertiary/aromatic N) is 1. The van der Waals surface area contributed by atoms with Crippen LogP contribution in [0.4, 0.5) is 5.69 Å². The summed E-state index contributed by atoms with van der Waals surface area (Å²) in [6.07, 6.45) is 6.60. The van der Waals surface area contributed by atoms with E-state index in [1.54, 1.807) is 0 Å². The maximum Gasteiger partial charge on any atom is 0.0934 e. The van der Waals surface area contributed by atoms with Gasteiger partial charge in [-0.05, 0) is 31.0 Å². The number of pyridine rings is 1. The number of anilines is 1. The molecule has 1 heterocycles. The Kier molecular flexibility index (Phi) is 5.03. The molecule has 2 rings (SSSR count). The third-order valence-electron chi connectivity index (χ3n) is 3.43. The van der Waals surface area contributed by atoms with Crippen LogP contribution in [0.3, 0.4) is 0 Å². The van der Waals surface area contributed by atoms with Crippen molar-refractivity contribution in [1.29, 1.82) is 0 Å². The number of unbranched alkanes of at least 4 members (excludes halogenated alkanes) is 1. The highest BCUT2D eigenvalue weighted by Gasteiger charge is 2.09. The van der Waals surface area contributed by atoms with E-state index in [1.165, 1.54) is 19.3 Å². The van der Waals surface area contributed by atoms with Crippen LogP contribution in [0.5, 0.6) is 0 Å². The van der Waals surface area contributed by atoms with Crippen LogP contribution in [0.15, 0.2) is 30.5 Å². The van der Waals surface area contributed by atoms with Gasteiger partial charge in [-0.1, -0.05) is 44.4 Å². The number of benzene rings is 1. The summed E-state index contributed by atoms with van der Waals surface area (Å²) < 4.78 is 0. The Bertz CT molecular complexity index is 539. The van der Waals surface area contributed by atoms with Crippen LogP contribution in [0.2, 0.25) is 5.02 Å². The van der Waals surface area contributed by atoms with Gasteiger partial charge in [0.2, 0.25) is 0 Å². The van der Waals surface area contributed by atoms with E-state index in [2.05, 4.69) is 24.1 Å². The minimum absolute atomic E-state index is 0.489. The minimum atomic E-state index is 0.489. The van der Waals surface area contributed by atoms with Crippen molar-refractivity contribution < 1.29 is 0 Å². The molecule has 3 heteroatoms. The first-order valence-electron chi connectivity index (χ1n) is 7.05. The van der Waals surface area contributed by atoms with Crippen molar-refractivity contribution >= 4 is 28.2 Å². The second kappa shape index (κ2) is 6.76. The molecule has 1 unspecified atom stereocenters. The zero-order valence-electron chi connectivity index (χ0n) is 11.6. The molecule has 0 spiro atoms. The van der Waals surface area contributed by atoms with Gasteiger partial charge in [0.05, 0.1) is 11.2 Å². The molecule has 1 aromatic carbocycles. The number of hydrogen-bond donors (Lipinski definition) is 1. The molecule has 1 N–H and O–H groups in total. The van der Waals surface area contributed by atoms with Crippen LogP contribution < -0.4 is 5.32 Å². The highest BCUT2D eigenvalue weighted by atomic mass is 35.5. The van der Waals surface area contributed by atoms with Gasteiger partial charge in [-0.15, -0.1) is 0 Å².